The van der Waals surface area contributed by atoms with Gasteiger partial charge in [0.15, 0.2) is 0 Å². The Morgan fingerprint density at radius 1 is 0.921 bits per heavy atom. The molecule has 1 aliphatic rings. The minimum atomic E-state index is -4.37. The molecule has 8 nitrogen and oxygen atoms in total. The predicted molar refractivity (Wildman–Crippen MR) is 143 cm³/mol. The van der Waals surface area contributed by atoms with Gasteiger partial charge in [0, 0.05) is 17.6 Å². The Hall–Kier alpha value is -2.27. The zero-order chi connectivity index (χ0) is 26.3. The van der Waals surface area contributed by atoms with Crippen molar-refractivity contribution in [2.45, 2.75) is 50.4 Å². The zero-order valence-electron chi connectivity index (χ0n) is 22.6. The van der Waals surface area contributed by atoms with Gasteiger partial charge in [-0.15, -0.1) is 0 Å². The van der Waals surface area contributed by atoms with Crippen LogP contribution in [-0.2, 0) is 17.6 Å². The summed E-state index contributed by atoms with van der Waals surface area (Å²) in [4.78, 5) is 19.1. The van der Waals surface area contributed by atoms with Gasteiger partial charge in [-0.05, 0) is 67.3 Å². The number of phenols is 1. The van der Waals surface area contributed by atoms with Crippen LogP contribution in [0.2, 0.25) is 0 Å². The number of rotatable bonds is 12. The number of hydrogen-bond donors (Lipinski definition) is 5. The summed E-state index contributed by atoms with van der Waals surface area (Å²) in [6, 6.07) is 20.6. The number of aliphatic hydroxyl groups is 1. The SMILES string of the molecule is O=P(O)(O)c1ccccc1COc1ccc(CC2(NCC(O)COc3ccc(O)cc3)CCCC2)cc1.[H-].[Li+]. The molecule has 0 bridgehead atoms. The number of aliphatic hydroxyl groups excluding tert-OH is 1. The Bertz CT molecular complexity index is 1200. The third-order valence-corrected chi connectivity index (χ3v) is 7.78. The minimum absolute atomic E-state index is 0. The van der Waals surface area contributed by atoms with E-state index in [0.29, 0.717) is 23.6 Å². The Balaban J connectivity index is 0.00000267. The molecule has 38 heavy (non-hydrogen) atoms. The van der Waals surface area contributed by atoms with Crippen molar-refractivity contribution < 1.29 is 54.3 Å². The topological polar surface area (TPSA) is 128 Å². The molecular formula is C28H35LiNO7P. The number of hydrogen-bond acceptors (Lipinski definition) is 6. The summed E-state index contributed by atoms with van der Waals surface area (Å²) in [7, 11) is -4.37. The molecular weight excluding hydrogens is 500 g/mol. The fourth-order valence-electron chi connectivity index (χ4n) is 4.77. The first-order chi connectivity index (χ1) is 17.7. The Morgan fingerprint density at radius 3 is 2.18 bits per heavy atom. The summed E-state index contributed by atoms with van der Waals surface area (Å²) in [5.74, 6) is 1.39. The minimum Gasteiger partial charge on any atom is -1.00 e. The van der Waals surface area contributed by atoms with Gasteiger partial charge in [-0.2, -0.15) is 0 Å². The van der Waals surface area contributed by atoms with E-state index in [2.05, 4.69) is 5.32 Å². The summed E-state index contributed by atoms with van der Waals surface area (Å²) in [6.07, 6.45) is 4.46. The van der Waals surface area contributed by atoms with E-state index < -0.39 is 13.7 Å². The Labute approximate surface area is 236 Å². The van der Waals surface area contributed by atoms with E-state index in [1.54, 1.807) is 42.5 Å². The predicted octanol–water partition coefficient (Wildman–Crippen LogP) is 0.776. The van der Waals surface area contributed by atoms with Crippen molar-refractivity contribution in [3.05, 3.63) is 83.9 Å². The van der Waals surface area contributed by atoms with Gasteiger partial charge in [0.05, 0.1) is 5.30 Å². The number of ether oxygens (including phenoxy) is 2. The third-order valence-electron chi connectivity index (χ3n) is 6.72. The van der Waals surface area contributed by atoms with Gasteiger partial charge in [-0.1, -0.05) is 43.2 Å². The molecule has 1 saturated carbocycles. The zero-order valence-corrected chi connectivity index (χ0v) is 22.5. The van der Waals surface area contributed by atoms with Crippen LogP contribution in [0.25, 0.3) is 0 Å². The van der Waals surface area contributed by atoms with Crippen LogP contribution in [0.5, 0.6) is 17.2 Å². The first-order valence-corrected chi connectivity index (χ1v) is 14.0. The van der Waals surface area contributed by atoms with Crippen LogP contribution >= 0.6 is 7.60 Å². The molecule has 0 aliphatic heterocycles. The molecule has 0 amide bonds. The van der Waals surface area contributed by atoms with Gasteiger partial charge in [-0.3, -0.25) is 4.57 Å². The van der Waals surface area contributed by atoms with Crippen molar-refractivity contribution in [2.75, 3.05) is 13.2 Å². The van der Waals surface area contributed by atoms with E-state index in [1.165, 1.54) is 6.07 Å². The summed E-state index contributed by atoms with van der Waals surface area (Å²) in [5, 5.41) is 23.4. The largest absolute Gasteiger partial charge is 1.00 e. The second-order valence-corrected chi connectivity index (χ2v) is 11.2. The van der Waals surface area contributed by atoms with E-state index in [1.807, 2.05) is 24.3 Å². The molecule has 0 heterocycles. The number of aromatic hydroxyl groups is 1. The maximum absolute atomic E-state index is 11.7. The van der Waals surface area contributed by atoms with Crippen LogP contribution in [0.4, 0.5) is 0 Å². The van der Waals surface area contributed by atoms with Crippen LogP contribution in [0, 0.1) is 0 Å². The maximum Gasteiger partial charge on any atom is 1.00 e. The average molecular weight is 536 g/mol. The molecule has 10 heteroatoms. The van der Waals surface area contributed by atoms with E-state index in [0.717, 1.165) is 37.7 Å². The normalized spacial score (nSPS) is 15.4. The molecule has 1 unspecified atom stereocenters. The van der Waals surface area contributed by atoms with Crippen LogP contribution in [0.3, 0.4) is 0 Å². The first kappa shape index (κ1) is 30.3. The summed E-state index contributed by atoms with van der Waals surface area (Å²) < 4.78 is 23.1. The number of nitrogens with one attached hydrogen (secondary N) is 1. The summed E-state index contributed by atoms with van der Waals surface area (Å²) in [6.45, 7) is 0.638. The van der Waals surface area contributed by atoms with Crippen molar-refractivity contribution in [1.82, 2.24) is 5.32 Å². The molecule has 1 fully saturated rings. The molecule has 3 aromatic rings. The van der Waals surface area contributed by atoms with E-state index in [-0.39, 0.29) is 50.1 Å². The quantitative estimate of drug-likeness (QED) is 0.170. The summed E-state index contributed by atoms with van der Waals surface area (Å²) >= 11 is 0. The second-order valence-electron chi connectivity index (χ2n) is 9.61. The molecule has 4 rings (SSSR count). The van der Waals surface area contributed by atoms with Crippen molar-refractivity contribution >= 4 is 12.9 Å². The molecule has 200 valence electrons. The van der Waals surface area contributed by atoms with Gasteiger partial charge < -0.3 is 36.2 Å². The smallest absolute Gasteiger partial charge is 1.00 e. The molecule has 3 aromatic carbocycles. The molecule has 0 aromatic heterocycles. The monoisotopic (exact) mass is 535 g/mol. The third kappa shape index (κ3) is 8.62. The van der Waals surface area contributed by atoms with Gasteiger partial charge in [-0.25, -0.2) is 0 Å². The Morgan fingerprint density at radius 2 is 1.53 bits per heavy atom. The van der Waals surface area contributed by atoms with Crippen molar-refractivity contribution in [3.63, 3.8) is 0 Å². The number of benzene rings is 3. The van der Waals surface area contributed by atoms with Crippen LogP contribution in [0.1, 0.15) is 38.2 Å². The molecule has 1 atom stereocenters. The van der Waals surface area contributed by atoms with E-state index >= 15 is 0 Å². The van der Waals surface area contributed by atoms with E-state index in [9.17, 15) is 24.6 Å². The average Bonchev–Trinajstić information content (AvgIpc) is 3.35. The van der Waals surface area contributed by atoms with Crippen molar-refractivity contribution in [3.8, 4) is 17.2 Å². The maximum atomic E-state index is 11.7. The first-order valence-electron chi connectivity index (χ1n) is 12.4. The van der Waals surface area contributed by atoms with E-state index in [4.69, 9.17) is 9.47 Å². The van der Waals surface area contributed by atoms with Gasteiger partial charge in [0.25, 0.3) is 0 Å². The van der Waals surface area contributed by atoms with Gasteiger partial charge in [0.2, 0.25) is 0 Å². The molecule has 0 spiro atoms. The van der Waals surface area contributed by atoms with Crippen LogP contribution in [-0.4, -0.2) is 44.8 Å². The fraction of sp³-hybridized carbons (Fsp3) is 0.357. The summed E-state index contributed by atoms with van der Waals surface area (Å²) in [5.41, 5.74) is 1.51. The second kappa shape index (κ2) is 13.7. The van der Waals surface area contributed by atoms with Gasteiger partial charge >= 0.3 is 26.5 Å². The molecule has 5 N–H and O–H groups in total. The number of β-amino-alcohol motifs (C(OH)–C–C–N with tert-alkyl or cyclic N) is 1. The van der Waals surface area contributed by atoms with Crippen molar-refractivity contribution in [2.24, 2.45) is 0 Å². The van der Waals surface area contributed by atoms with Crippen LogP contribution < -0.4 is 39.0 Å². The molecule has 0 radical (unpaired) electrons. The number of phenolic OH excluding ortho intramolecular Hbond substituents is 1. The van der Waals surface area contributed by atoms with Crippen LogP contribution in [0.15, 0.2) is 72.8 Å². The molecule has 1 aliphatic carbocycles. The van der Waals surface area contributed by atoms with Crippen molar-refractivity contribution in [1.29, 1.82) is 0 Å². The Kier molecular flexibility index (Phi) is 10.9. The van der Waals surface area contributed by atoms with Gasteiger partial charge in [0.1, 0.15) is 36.6 Å². The standard InChI is InChI=1S/C28H34NO7P.Li.H/c30-23-9-13-26(14-10-23)36-20-24(31)18-29-28(15-3-4-16-28)17-21-7-11-25(12-8-21)35-19-22-5-1-2-6-27(22)37(32,33)34;;/h1-2,5-14,24,29-31H,3-4,15-20H2,(H2,32,33,34);;/q;+1;-1. The molecule has 0 saturated heterocycles. The fourth-order valence-corrected chi connectivity index (χ4v) is 5.56.